The van der Waals surface area contributed by atoms with Gasteiger partial charge in [-0.05, 0) is 30.7 Å². The number of halogens is 2. The number of imidazole rings is 2. The van der Waals surface area contributed by atoms with Gasteiger partial charge in [0.05, 0.1) is 87.3 Å². The molecule has 9 N–H and O–H groups in total. The molecule has 2 saturated heterocycles. The fraction of sp³-hybridized carbons (Fsp3) is 0.435. The summed E-state index contributed by atoms with van der Waals surface area (Å²) in [6, 6.07) is 3.74. The van der Waals surface area contributed by atoms with Gasteiger partial charge < -0.3 is 61.3 Å². The molecule has 0 spiro atoms. The van der Waals surface area contributed by atoms with Crippen molar-refractivity contribution in [3.05, 3.63) is 83.9 Å². The van der Waals surface area contributed by atoms with Gasteiger partial charge in [0.25, 0.3) is 11.8 Å². The summed E-state index contributed by atoms with van der Waals surface area (Å²) >= 11 is 0. The van der Waals surface area contributed by atoms with E-state index in [-0.39, 0.29) is 63.9 Å². The molecule has 3 aliphatic heterocycles. The summed E-state index contributed by atoms with van der Waals surface area (Å²) in [6.07, 6.45) is 6.05. The van der Waals surface area contributed by atoms with Gasteiger partial charge in [-0.15, -0.1) is 0 Å². The van der Waals surface area contributed by atoms with E-state index >= 15 is 0 Å². The zero-order valence-corrected chi connectivity index (χ0v) is 39.7. The van der Waals surface area contributed by atoms with Gasteiger partial charge in [-0.25, -0.2) is 28.3 Å². The number of alkyl halides is 2. The summed E-state index contributed by atoms with van der Waals surface area (Å²) in [5, 5.41) is 37.0. The van der Waals surface area contributed by atoms with Crippen molar-refractivity contribution < 1.29 is 62.1 Å². The van der Waals surface area contributed by atoms with E-state index in [1.807, 2.05) is 4.90 Å². The van der Waals surface area contributed by atoms with Crippen LogP contribution < -0.4 is 32.2 Å². The lowest BCUT2D eigenvalue weighted by molar-refractivity contribution is -0.143. The van der Waals surface area contributed by atoms with Crippen LogP contribution in [0.5, 0.6) is 5.75 Å². The molecule has 74 heavy (non-hydrogen) atoms. The highest BCUT2D eigenvalue weighted by atomic mass is 19.3. The van der Waals surface area contributed by atoms with Crippen LogP contribution in [0.15, 0.2) is 66.6 Å². The smallest absolute Gasteiger partial charge is 0.326 e. The number of aromatic nitrogens is 5. The Morgan fingerprint density at radius 1 is 0.905 bits per heavy atom. The lowest BCUT2D eigenvalue weighted by Crippen LogP contribution is -2.52. The van der Waals surface area contributed by atoms with Crippen molar-refractivity contribution in [2.75, 3.05) is 52.4 Å². The highest BCUT2D eigenvalue weighted by Crippen LogP contribution is 2.32. The molecule has 0 radical (unpaired) electrons. The Balaban J connectivity index is 1.04. The van der Waals surface area contributed by atoms with Crippen LogP contribution in [-0.2, 0) is 59.7 Å². The van der Waals surface area contributed by atoms with E-state index in [0.717, 1.165) is 4.90 Å². The second-order valence-corrected chi connectivity index (χ2v) is 17.8. The number of carboxylic acid groups (broad SMARTS) is 2. The first-order valence-electron chi connectivity index (χ1n) is 23.2. The number of fused-ring (bicyclic) bond motifs is 3. The topological polar surface area (TPSA) is 360 Å². The number of likely N-dealkylation sites (tertiary alicyclic amines) is 1. The van der Waals surface area contributed by atoms with Crippen molar-refractivity contribution in [2.45, 2.75) is 75.9 Å². The number of nitriles is 1. The van der Waals surface area contributed by atoms with E-state index in [2.05, 4.69) is 30.9 Å². The highest BCUT2D eigenvalue weighted by molar-refractivity contribution is 6.07. The number of nitrogens with two attached hydrogens (primary N) is 2. The number of nitrogens with one attached hydrogen (secondary N) is 3. The molecule has 6 heterocycles. The molecule has 0 saturated carbocycles. The molecule has 28 heteroatoms. The first-order chi connectivity index (χ1) is 35.3. The third kappa shape index (κ3) is 13.5. The van der Waals surface area contributed by atoms with Gasteiger partial charge in [0.1, 0.15) is 42.1 Å². The molecule has 6 amide bonds. The lowest BCUT2D eigenvalue weighted by Gasteiger charge is -2.40. The van der Waals surface area contributed by atoms with E-state index in [0.29, 0.717) is 59.2 Å². The van der Waals surface area contributed by atoms with Crippen LogP contribution in [-0.4, -0.2) is 178 Å². The number of amides is 6. The molecule has 2 fully saturated rings. The van der Waals surface area contributed by atoms with E-state index in [9.17, 15) is 62.6 Å². The highest BCUT2D eigenvalue weighted by Gasteiger charge is 2.47. The Hall–Kier alpha value is -8.58. The Bertz CT molecular complexity index is 2900. The largest absolute Gasteiger partial charge is 0.494 e. The number of allylic oxidation sites excluding steroid dienone is 1. The van der Waals surface area contributed by atoms with Crippen molar-refractivity contribution in [2.24, 2.45) is 11.5 Å². The average molecular weight is 1030 g/mol. The fourth-order valence-electron chi connectivity index (χ4n) is 8.83. The maximum Gasteiger partial charge on any atom is 0.326 e. The molecule has 0 aliphatic carbocycles. The number of nitrogens with zero attached hydrogens (tertiary/aromatic N) is 10. The molecule has 1 aromatic carbocycles. The molecule has 3 atom stereocenters. The van der Waals surface area contributed by atoms with Crippen molar-refractivity contribution in [1.82, 2.24) is 59.6 Å². The molecule has 4 aromatic rings. The summed E-state index contributed by atoms with van der Waals surface area (Å²) in [7, 11) is 0. The second kappa shape index (κ2) is 23.3. The maximum atomic E-state index is 14.5. The number of benzene rings is 1. The van der Waals surface area contributed by atoms with Gasteiger partial charge in [-0.1, -0.05) is 0 Å². The predicted octanol–water partition coefficient (Wildman–Crippen LogP) is -1.68. The van der Waals surface area contributed by atoms with E-state index in [4.69, 9.17) is 16.2 Å². The van der Waals surface area contributed by atoms with Crippen molar-refractivity contribution in [1.29, 1.82) is 5.26 Å². The van der Waals surface area contributed by atoms with E-state index in [1.165, 1.54) is 35.4 Å². The fourth-order valence-corrected chi connectivity index (χ4v) is 8.83. The quantitative estimate of drug-likeness (QED) is 0.0458. The van der Waals surface area contributed by atoms with Crippen LogP contribution in [0.3, 0.4) is 0 Å². The number of carbonyl (C=O) groups is 8. The number of primary amides is 2. The molecule has 0 bridgehead atoms. The van der Waals surface area contributed by atoms with Gasteiger partial charge in [0, 0.05) is 69.0 Å². The van der Waals surface area contributed by atoms with Crippen LogP contribution in [0.25, 0.3) is 10.9 Å². The molecule has 392 valence electrons. The number of pyridine rings is 1. The van der Waals surface area contributed by atoms with Crippen LogP contribution in [0.4, 0.5) is 8.78 Å². The maximum absolute atomic E-state index is 14.5. The molecule has 3 aromatic heterocycles. The first-order valence-corrected chi connectivity index (χ1v) is 23.2. The normalized spacial score (nSPS) is 17.9. The zero-order chi connectivity index (χ0) is 53.3. The molecular formula is C46H53F2N15O11. The van der Waals surface area contributed by atoms with Gasteiger partial charge >= 0.3 is 11.9 Å². The minimum absolute atomic E-state index is 0.00121. The molecule has 7 rings (SSSR count). The van der Waals surface area contributed by atoms with Gasteiger partial charge in [0.15, 0.2) is 0 Å². The van der Waals surface area contributed by atoms with Crippen LogP contribution >= 0.6 is 0 Å². The Labute approximate surface area is 419 Å². The van der Waals surface area contributed by atoms with E-state index < -0.39 is 97.9 Å². The SMILES string of the molecule is N#CC1CC(F)(F)CN1C(=O)CNC(=O)c1ccnc2ccc(OCCCN3CCN4C(=O)CN(Cc5nccn5CC(=O)NC(CC(N)=O)C(=O)O)Cc5nccn5CC(NC(CC(N)=O)C(=O)O)=C4C3)cc12. The number of carbonyl (C=O) groups excluding carboxylic acids is 6. The summed E-state index contributed by atoms with van der Waals surface area (Å²) < 4.78 is 37.2. The van der Waals surface area contributed by atoms with Gasteiger partial charge in [-0.2, -0.15) is 5.26 Å². The first kappa shape index (κ1) is 53.2. The average Bonchev–Trinajstić information content (AvgIpc) is 4.07. The standard InChI is InChI=1S/C46H53F2N15O11/c47-46(48)17-27(18-49)63(26-46)41(67)19-55-43(69)29-4-5-52-31-3-2-28(14-30(29)31)74-13-1-8-58-11-12-62-35(21-58)34(56-32(44(70)71)15-36(50)64)20-60-9-6-53-38(60)22-59(25-42(62)68)23-39-54-7-10-61(39)24-40(66)57-33(45(72)73)16-37(51)65/h2-7,9-10,14,27,32-33,56H,1,8,11-13,15-17,19-26H2,(H2,50,64)(H2,51,65)(H,55,69)(H,57,66)(H,70,71)(H,72,73). The number of carboxylic acids is 2. The Morgan fingerprint density at radius 2 is 1.65 bits per heavy atom. The monoisotopic (exact) mass is 1030 g/mol. The predicted molar refractivity (Wildman–Crippen MR) is 250 cm³/mol. The van der Waals surface area contributed by atoms with Crippen LogP contribution in [0, 0.1) is 11.3 Å². The Morgan fingerprint density at radius 3 is 2.38 bits per heavy atom. The molecule has 3 aliphatic rings. The lowest BCUT2D eigenvalue weighted by atomic mass is 10.1. The third-order valence-corrected chi connectivity index (χ3v) is 12.4. The number of ether oxygens (including phenoxy) is 1. The minimum Gasteiger partial charge on any atom is -0.494 e. The number of aliphatic carboxylic acids is 2. The number of rotatable bonds is 21. The summed E-state index contributed by atoms with van der Waals surface area (Å²) in [6.45, 7) is -0.687. The van der Waals surface area contributed by atoms with Crippen LogP contribution in [0.1, 0.15) is 47.7 Å². The molecule has 3 unspecified atom stereocenters. The van der Waals surface area contributed by atoms with Crippen LogP contribution in [0.2, 0.25) is 0 Å². The van der Waals surface area contributed by atoms with Crippen molar-refractivity contribution >= 4 is 58.3 Å². The third-order valence-electron chi connectivity index (χ3n) is 12.4. The zero-order valence-electron chi connectivity index (χ0n) is 39.7. The number of piperazine rings is 1. The van der Waals surface area contributed by atoms with Gasteiger partial charge in [0.2, 0.25) is 29.5 Å². The molecular weight excluding hydrogens is 977 g/mol. The number of hydrogen-bond donors (Lipinski definition) is 7. The van der Waals surface area contributed by atoms with Crippen molar-refractivity contribution in [3.63, 3.8) is 0 Å². The summed E-state index contributed by atoms with van der Waals surface area (Å²) in [5.74, 6) is -9.19. The molecule has 26 nitrogen and oxygen atoms in total. The van der Waals surface area contributed by atoms with Crippen molar-refractivity contribution in [3.8, 4) is 11.8 Å². The Kier molecular flexibility index (Phi) is 16.8. The second-order valence-electron chi connectivity index (χ2n) is 17.8. The summed E-state index contributed by atoms with van der Waals surface area (Å²) in [5.41, 5.74) is 11.9. The summed E-state index contributed by atoms with van der Waals surface area (Å²) in [4.78, 5) is 120. The van der Waals surface area contributed by atoms with E-state index in [1.54, 1.807) is 44.8 Å². The minimum atomic E-state index is -3.21. The number of hydrogen-bond acceptors (Lipinski definition) is 16. The van der Waals surface area contributed by atoms with Gasteiger partial charge in [-0.3, -0.25) is 43.6 Å².